The fourth-order valence-corrected chi connectivity index (χ4v) is 2.66. The van der Waals surface area contributed by atoms with Gasteiger partial charge in [0.2, 0.25) is 0 Å². The van der Waals surface area contributed by atoms with Gasteiger partial charge in [0, 0.05) is 5.69 Å². The Morgan fingerprint density at radius 3 is 2.65 bits per heavy atom. The minimum Gasteiger partial charge on any atom is -0.465 e. The summed E-state index contributed by atoms with van der Waals surface area (Å²) in [5.41, 5.74) is 4.37. The van der Waals surface area contributed by atoms with E-state index < -0.39 is 0 Å². The summed E-state index contributed by atoms with van der Waals surface area (Å²) < 4.78 is 4.71. The van der Waals surface area contributed by atoms with Crippen molar-refractivity contribution in [1.29, 1.82) is 0 Å². The van der Waals surface area contributed by atoms with Crippen molar-refractivity contribution >= 4 is 11.7 Å². The van der Waals surface area contributed by atoms with Crippen LogP contribution in [0.3, 0.4) is 0 Å². The molecule has 1 aliphatic rings. The number of esters is 1. The van der Waals surface area contributed by atoms with Gasteiger partial charge in [-0.1, -0.05) is 30.3 Å². The average molecular weight is 267 g/mol. The van der Waals surface area contributed by atoms with Gasteiger partial charge >= 0.3 is 5.97 Å². The Labute approximate surface area is 118 Å². The van der Waals surface area contributed by atoms with E-state index in [4.69, 9.17) is 4.74 Å². The molecule has 3 heteroatoms. The standard InChI is InChI=1S/C17H17NO2/c1-20-17(19)14-8-6-13(7-9-14)16-11-10-12-4-2-3-5-15(12)18-16/h2-9,16,18H,10-11H2,1H3. The number of methoxy groups -OCH3 is 1. The SMILES string of the molecule is COC(=O)c1ccc(C2CCc3ccccc3N2)cc1. The maximum absolute atomic E-state index is 11.4. The number of hydrogen-bond donors (Lipinski definition) is 1. The molecule has 0 aromatic heterocycles. The first-order valence-corrected chi connectivity index (χ1v) is 6.80. The van der Waals surface area contributed by atoms with E-state index in [0.29, 0.717) is 11.6 Å². The Morgan fingerprint density at radius 1 is 1.15 bits per heavy atom. The highest BCUT2D eigenvalue weighted by Crippen LogP contribution is 2.32. The zero-order chi connectivity index (χ0) is 13.9. The van der Waals surface area contributed by atoms with Gasteiger partial charge in [-0.25, -0.2) is 4.79 Å². The highest BCUT2D eigenvalue weighted by Gasteiger charge is 2.18. The molecule has 102 valence electrons. The Hall–Kier alpha value is -2.29. The van der Waals surface area contributed by atoms with Crippen LogP contribution in [0.5, 0.6) is 0 Å². The molecule has 0 saturated carbocycles. The fourth-order valence-electron chi connectivity index (χ4n) is 2.66. The fraction of sp³-hybridized carbons (Fsp3) is 0.235. The number of para-hydroxylation sites is 1. The molecule has 1 N–H and O–H groups in total. The molecule has 20 heavy (non-hydrogen) atoms. The molecule has 1 unspecified atom stereocenters. The number of ether oxygens (including phenoxy) is 1. The first-order chi connectivity index (χ1) is 9.78. The lowest BCUT2D eigenvalue weighted by atomic mass is 9.93. The third-order valence-electron chi connectivity index (χ3n) is 3.78. The zero-order valence-electron chi connectivity index (χ0n) is 11.4. The van der Waals surface area contributed by atoms with Gasteiger partial charge in [0.05, 0.1) is 18.7 Å². The van der Waals surface area contributed by atoms with Crippen LogP contribution in [0, 0.1) is 0 Å². The topological polar surface area (TPSA) is 38.3 Å². The molecule has 0 radical (unpaired) electrons. The number of fused-ring (bicyclic) bond motifs is 1. The number of carbonyl (C=O) groups excluding carboxylic acids is 1. The van der Waals surface area contributed by atoms with Crippen LogP contribution in [0.25, 0.3) is 0 Å². The van der Waals surface area contributed by atoms with Gasteiger partial charge in [-0.05, 0) is 42.2 Å². The molecule has 0 spiro atoms. The summed E-state index contributed by atoms with van der Waals surface area (Å²) in [6.45, 7) is 0. The highest BCUT2D eigenvalue weighted by atomic mass is 16.5. The third-order valence-corrected chi connectivity index (χ3v) is 3.78. The number of anilines is 1. The van der Waals surface area contributed by atoms with Gasteiger partial charge in [0.25, 0.3) is 0 Å². The van der Waals surface area contributed by atoms with E-state index in [1.165, 1.54) is 23.9 Å². The molecule has 3 rings (SSSR count). The molecule has 2 aromatic carbocycles. The van der Waals surface area contributed by atoms with Gasteiger partial charge in [-0.3, -0.25) is 0 Å². The summed E-state index contributed by atoms with van der Waals surface area (Å²) in [6.07, 6.45) is 2.14. The van der Waals surface area contributed by atoms with Crippen LogP contribution in [0.2, 0.25) is 0 Å². The normalized spacial score (nSPS) is 16.9. The zero-order valence-corrected chi connectivity index (χ0v) is 11.4. The average Bonchev–Trinajstić information content (AvgIpc) is 2.54. The van der Waals surface area contributed by atoms with Gasteiger partial charge in [0.15, 0.2) is 0 Å². The third kappa shape index (κ3) is 2.39. The molecule has 0 saturated heterocycles. The van der Waals surface area contributed by atoms with E-state index in [2.05, 4.69) is 29.6 Å². The van der Waals surface area contributed by atoms with E-state index >= 15 is 0 Å². The van der Waals surface area contributed by atoms with Gasteiger partial charge in [0.1, 0.15) is 0 Å². The number of aryl methyl sites for hydroxylation is 1. The van der Waals surface area contributed by atoms with Crippen molar-refractivity contribution in [3.8, 4) is 0 Å². The second kappa shape index (κ2) is 5.37. The van der Waals surface area contributed by atoms with Crippen LogP contribution >= 0.6 is 0 Å². The summed E-state index contributed by atoms with van der Waals surface area (Å²) in [5.74, 6) is -0.293. The molecular formula is C17H17NO2. The van der Waals surface area contributed by atoms with Crippen molar-refractivity contribution < 1.29 is 9.53 Å². The molecule has 2 aromatic rings. The minimum absolute atomic E-state index is 0.293. The van der Waals surface area contributed by atoms with Crippen LogP contribution in [-0.2, 0) is 11.2 Å². The molecule has 0 aliphatic carbocycles. The Balaban J connectivity index is 1.79. The predicted molar refractivity (Wildman–Crippen MR) is 78.9 cm³/mol. The van der Waals surface area contributed by atoms with Crippen LogP contribution in [0.15, 0.2) is 48.5 Å². The maximum atomic E-state index is 11.4. The van der Waals surface area contributed by atoms with E-state index in [0.717, 1.165) is 12.8 Å². The molecule has 1 atom stereocenters. The molecule has 1 aliphatic heterocycles. The van der Waals surface area contributed by atoms with Crippen molar-refractivity contribution in [3.63, 3.8) is 0 Å². The summed E-state index contributed by atoms with van der Waals surface area (Å²) in [7, 11) is 1.40. The number of benzene rings is 2. The van der Waals surface area contributed by atoms with Crippen LogP contribution in [-0.4, -0.2) is 13.1 Å². The largest absolute Gasteiger partial charge is 0.465 e. The first kappa shape index (κ1) is 12.7. The van der Waals surface area contributed by atoms with E-state index in [9.17, 15) is 4.79 Å². The number of nitrogens with one attached hydrogen (secondary N) is 1. The highest BCUT2D eigenvalue weighted by molar-refractivity contribution is 5.89. The number of hydrogen-bond acceptors (Lipinski definition) is 3. The summed E-state index contributed by atoms with van der Waals surface area (Å²) in [5, 5.41) is 3.56. The van der Waals surface area contributed by atoms with Crippen LogP contribution in [0.1, 0.15) is 33.9 Å². The van der Waals surface area contributed by atoms with Crippen molar-refractivity contribution in [2.45, 2.75) is 18.9 Å². The smallest absolute Gasteiger partial charge is 0.337 e. The summed E-state index contributed by atoms with van der Waals surface area (Å²) >= 11 is 0. The van der Waals surface area contributed by atoms with Crippen molar-refractivity contribution in [1.82, 2.24) is 0 Å². The Morgan fingerprint density at radius 2 is 1.90 bits per heavy atom. The number of rotatable bonds is 2. The van der Waals surface area contributed by atoms with Crippen molar-refractivity contribution in [3.05, 3.63) is 65.2 Å². The Kier molecular flexibility index (Phi) is 3.42. The summed E-state index contributed by atoms with van der Waals surface area (Å²) in [4.78, 5) is 11.4. The quantitative estimate of drug-likeness (QED) is 0.845. The molecule has 3 nitrogen and oxygen atoms in total. The lowest BCUT2D eigenvalue weighted by Gasteiger charge is -2.27. The van der Waals surface area contributed by atoms with Crippen LogP contribution < -0.4 is 5.32 Å². The van der Waals surface area contributed by atoms with Crippen molar-refractivity contribution in [2.75, 3.05) is 12.4 Å². The van der Waals surface area contributed by atoms with Crippen LogP contribution in [0.4, 0.5) is 5.69 Å². The summed E-state index contributed by atoms with van der Waals surface area (Å²) in [6, 6.07) is 16.4. The second-order valence-corrected chi connectivity index (χ2v) is 5.01. The van der Waals surface area contributed by atoms with E-state index in [1.54, 1.807) is 0 Å². The van der Waals surface area contributed by atoms with E-state index in [-0.39, 0.29) is 5.97 Å². The molecule has 0 amide bonds. The molecule has 0 bridgehead atoms. The number of carbonyl (C=O) groups is 1. The monoisotopic (exact) mass is 267 g/mol. The van der Waals surface area contributed by atoms with E-state index in [1.807, 2.05) is 24.3 Å². The Bertz CT molecular complexity index is 619. The lowest BCUT2D eigenvalue weighted by molar-refractivity contribution is 0.0600. The molecule has 1 heterocycles. The maximum Gasteiger partial charge on any atom is 0.337 e. The molecular weight excluding hydrogens is 250 g/mol. The minimum atomic E-state index is -0.293. The van der Waals surface area contributed by atoms with Crippen molar-refractivity contribution in [2.24, 2.45) is 0 Å². The second-order valence-electron chi connectivity index (χ2n) is 5.01. The lowest BCUT2D eigenvalue weighted by Crippen LogP contribution is -2.18. The predicted octanol–water partition coefficient (Wildman–Crippen LogP) is 3.57. The van der Waals surface area contributed by atoms with Gasteiger partial charge < -0.3 is 10.1 Å². The molecule has 0 fully saturated rings. The first-order valence-electron chi connectivity index (χ1n) is 6.80. The van der Waals surface area contributed by atoms with Gasteiger partial charge in [-0.15, -0.1) is 0 Å². The van der Waals surface area contributed by atoms with Gasteiger partial charge in [-0.2, -0.15) is 0 Å².